The van der Waals surface area contributed by atoms with Crippen molar-refractivity contribution in [3.63, 3.8) is 0 Å². The molecule has 0 spiro atoms. The zero-order chi connectivity index (χ0) is 35.7. The number of halogens is 6. The smallest absolute Gasteiger partial charge is 0.376 e. The SMILES string of the molecule is O=c1c(Nc2cc(C(F)(F)F)cc(C(F)(F)F)c2)c(NC2CCCCC2N2Cc3ccc4ccccc4c3-c3c(ccc4ccccc34)C2)c1=O. The van der Waals surface area contributed by atoms with E-state index in [2.05, 4.69) is 64.1 Å². The van der Waals surface area contributed by atoms with Crippen LogP contribution in [0, 0.1) is 0 Å². The maximum atomic E-state index is 13.5. The second-order valence-electron chi connectivity index (χ2n) is 13.5. The monoisotopic (exact) mass is 699 g/mol. The van der Waals surface area contributed by atoms with E-state index in [-0.39, 0.29) is 29.5 Å². The summed E-state index contributed by atoms with van der Waals surface area (Å²) in [7, 11) is 0. The molecule has 5 nitrogen and oxygen atoms in total. The molecule has 0 bridgehead atoms. The second kappa shape index (κ2) is 12.3. The van der Waals surface area contributed by atoms with E-state index >= 15 is 0 Å². The lowest BCUT2D eigenvalue weighted by Crippen LogP contribution is -2.50. The van der Waals surface area contributed by atoms with Crippen LogP contribution in [-0.4, -0.2) is 17.0 Å². The van der Waals surface area contributed by atoms with Gasteiger partial charge in [-0.1, -0.05) is 85.6 Å². The minimum absolute atomic E-state index is 0.0161. The van der Waals surface area contributed by atoms with Gasteiger partial charge in [0, 0.05) is 30.9 Å². The van der Waals surface area contributed by atoms with Crippen LogP contribution in [0.5, 0.6) is 0 Å². The second-order valence-corrected chi connectivity index (χ2v) is 13.5. The third-order valence-corrected chi connectivity index (χ3v) is 10.3. The number of alkyl halides is 6. The fraction of sp³-hybridized carbons (Fsp3) is 0.250. The molecular weight excluding hydrogens is 668 g/mol. The molecule has 6 aromatic carbocycles. The molecule has 1 aliphatic heterocycles. The molecule has 6 aromatic rings. The number of benzene rings is 5. The minimum Gasteiger partial charge on any atom is -0.376 e. The topological polar surface area (TPSA) is 61.4 Å². The highest BCUT2D eigenvalue weighted by Gasteiger charge is 2.38. The zero-order valence-corrected chi connectivity index (χ0v) is 27.1. The van der Waals surface area contributed by atoms with Gasteiger partial charge in [-0.15, -0.1) is 0 Å². The Labute approximate surface area is 288 Å². The standard InChI is InChI=1S/C40H31F6N3O2/c41-39(42,43)26-17-27(40(44,45)46)19-28(18-26)47-35-36(38(51)37(35)50)48-31-11-5-6-12-32(31)49-20-24-15-13-22-7-1-3-9-29(22)33(24)34-25(21-49)16-14-23-8-2-4-10-30(23)34/h1-4,7-10,13-19,31-32,47-48H,5-6,11-12,20-21H2. The average molecular weight is 700 g/mol. The Balaban J connectivity index is 1.15. The minimum atomic E-state index is -5.06. The van der Waals surface area contributed by atoms with E-state index < -0.39 is 40.0 Å². The van der Waals surface area contributed by atoms with E-state index in [0.29, 0.717) is 31.6 Å². The van der Waals surface area contributed by atoms with Crippen molar-refractivity contribution in [3.05, 3.63) is 134 Å². The van der Waals surface area contributed by atoms with Gasteiger partial charge in [0.05, 0.1) is 11.1 Å². The highest BCUT2D eigenvalue weighted by atomic mass is 19.4. The van der Waals surface area contributed by atoms with Gasteiger partial charge in [-0.25, -0.2) is 0 Å². The summed E-state index contributed by atoms with van der Waals surface area (Å²) < 4.78 is 81.2. The third-order valence-electron chi connectivity index (χ3n) is 10.3. The molecule has 0 aromatic heterocycles. The molecule has 1 saturated carbocycles. The molecule has 1 aliphatic carbocycles. The first-order chi connectivity index (χ1) is 24.4. The van der Waals surface area contributed by atoms with Crippen LogP contribution in [0.25, 0.3) is 32.7 Å². The highest BCUT2D eigenvalue weighted by molar-refractivity contribution is 6.08. The van der Waals surface area contributed by atoms with Crippen LogP contribution in [0.15, 0.2) is 101 Å². The van der Waals surface area contributed by atoms with Crippen molar-refractivity contribution in [2.45, 2.75) is 63.2 Å². The summed E-state index contributed by atoms with van der Waals surface area (Å²) in [5.74, 6) is 0. The first kappa shape index (κ1) is 33.0. The Morgan fingerprint density at radius 1 is 0.608 bits per heavy atom. The van der Waals surface area contributed by atoms with Crippen LogP contribution in [0.3, 0.4) is 0 Å². The van der Waals surface area contributed by atoms with Gasteiger partial charge in [-0.3, -0.25) is 14.5 Å². The molecule has 0 amide bonds. The van der Waals surface area contributed by atoms with E-state index in [1.807, 2.05) is 24.3 Å². The van der Waals surface area contributed by atoms with Gasteiger partial charge in [-0.2, -0.15) is 26.3 Å². The molecule has 0 radical (unpaired) electrons. The largest absolute Gasteiger partial charge is 0.416 e. The summed E-state index contributed by atoms with van der Waals surface area (Å²) in [6, 6.07) is 25.8. The fourth-order valence-corrected chi connectivity index (χ4v) is 7.94. The summed E-state index contributed by atoms with van der Waals surface area (Å²) in [5, 5.41) is 10.2. The normalized spacial score (nSPS) is 18.4. The highest BCUT2D eigenvalue weighted by Crippen LogP contribution is 2.44. The Bertz CT molecular complexity index is 2270. The quantitative estimate of drug-likeness (QED) is 0.139. The maximum absolute atomic E-state index is 13.5. The number of nitrogens with zero attached hydrogens (tertiary/aromatic N) is 1. The summed E-state index contributed by atoms with van der Waals surface area (Å²) in [5.41, 5.74) is -1.34. The van der Waals surface area contributed by atoms with Gasteiger partial charge in [0.1, 0.15) is 11.4 Å². The Kier molecular flexibility index (Phi) is 7.94. The molecule has 2 unspecified atom stereocenters. The van der Waals surface area contributed by atoms with Gasteiger partial charge < -0.3 is 10.6 Å². The average Bonchev–Trinajstić information content (AvgIpc) is 3.29. The summed E-state index contributed by atoms with van der Waals surface area (Å²) in [6.45, 7) is 1.21. The van der Waals surface area contributed by atoms with Gasteiger partial charge in [0.15, 0.2) is 0 Å². The summed E-state index contributed by atoms with van der Waals surface area (Å²) >= 11 is 0. The summed E-state index contributed by atoms with van der Waals surface area (Å²) in [4.78, 5) is 28.0. The molecule has 51 heavy (non-hydrogen) atoms. The van der Waals surface area contributed by atoms with Gasteiger partial charge in [0.25, 0.3) is 10.9 Å². The summed E-state index contributed by atoms with van der Waals surface area (Å²) in [6.07, 6.45) is -6.93. The number of anilines is 3. The van der Waals surface area contributed by atoms with Gasteiger partial charge in [-0.05, 0) is 74.8 Å². The van der Waals surface area contributed by atoms with Crippen LogP contribution in [0.2, 0.25) is 0 Å². The van der Waals surface area contributed by atoms with E-state index in [4.69, 9.17) is 0 Å². The first-order valence-corrected chi connectivity index (χ1v) is 16.8. The predicted octanol–water partition coefficient (Wildman–Crippen LogP) is 9.78. The Morgan fingerprint density at radius 2 is 1.12 bits per heavy atom. The van der Waals surface area contributed by atoms with Crippen molar-refractivity contribution >= 4 is 38.6 Å². The van der Waals surface area contributed by atoms with Crippen molar-refractivity contribution in [2.75, 3.05) is 10.6 Å². The fourth-order valence-electron chi connectivity index (χ4n) is 7.94. The van der Waals surface area contributed by atoms with Crippen LogP contribution >= 0.6 is 0 Å². The van der Waals surface area contributed by atoms with E-state index in [1.165, 1.54) is 11.1 Å². The van der Waals surface area contributed by atoms with Gasteiger partial charge in [0.2, 0.25) is 0 Å². The molecule has 11 heteroatoms. The maximum Gasteiger partial charge on any atom is 0.416 e. The van der Waals surface area contributed by atoms with Crippen molar-refractivity contribution < 1.29 is 26.3 Å². The van der Waals surface area contributed by atoms with Crippen molar-refractivity contribution in [2.24, 2.45) is 0 Å². The molecule has 2 atom stereocenters. The number of nitrogens with one attached hydrogen (secondary N) is 2. The first-order valence-electron chi connectivity index (χ1n) is 16.8. The van der Waals surface area contributed by atoms with E-state index in [0.717, 1.165) is 51.9 Å². The Hall–Kier alpha value is -5.16. The number of rotatable bonds is 5. The van der Waals surface area contributed by atoms with Crippen molar-refractivity contribution in [3.8, 4) is 11.1 Å². The molecule has 1 heterocycles. The molecule has 2 N–H and O–H groups in total. The molecule has 8 rings (SSSR count). The molecule has 260 valence electrons. The van der Waals surface area contributed by atoms with E-state index in [9.17, 15) is 35.9 Å². The van der Waals surface area contributed by atoms with Gasteiger partial charge >= 0.3 is 12.4 Å². The number of fused-ring (bicyclic) bond motifs is 7. The lowest BCUT2D eigenvalue weighted by molar-refractivity contribution is -0.143. The third kappa shape index (κ3) is 5.93. The van der Waals surface area contributed by atoms with Crippen LogP contribution in [0.1, 0.15) is 47.9 Å². The van der Waals surface area contributed by atoms with Crippen LogP contribution < -0.4 is 21.5 Å². The van der Waals surface area contributed by atoms with Crippen LogP contribution in [-0.2, 0) is 25.4 Å². The number of hydrogen-bond donors (Lipinski definition) is 2. The molecule has 2 aliphatic rings. The lowest BCUT2D eigenvalue weighted by Gasteiger charge is -2.41. The zero-order valence-electron chi connectivity index (χ0n) is 27.1. The Morgan fingerprint density at radius 3 is 1.67 bits per heavy atom. The predicted molar refractivity (Wildman–Crippen MR) is 187 cm³/mol. The van der Waals surface area contributed by atoms with Crippen molar-refractivity contribution in [1.29, 1.82) is 0 Å². The molecular formula is C40H31F6N3O2. The molecule has 1 fully saturated rings. The lowest BCUT2D eigenvalue weighted by atomic mass is 9.88. The van der Waals surface area contributed by atoms with Crippen molar-refractivity contribution in [1.82, 2.24) is 4.90 Å². The van der Waals surface area contributed by atoms with E-state index in [1.54, 1.807) is 0 Å². The molecule has 0 saturated heterocycles. The number of hydrogen-bond acceptors (Lipinski definition) is 5. The van der Waals surface area contributed by atoms with Crippen LogP contribution in [0.4, 0.5) is 43.4 Å².